The van der Waals surface area contributed by atoms with E-state index < -0.39 is 0 Å². The predicted molar refractivity (Wildman–Crippen MR) is 127 cm³/mol. The summed E-state index contributed by atoms with van der Waals surface area (Å²) in [6, 6.07) is 16.9. The van der Waals surface area contributed by atoms with Gasteiger partial charge in [-0.05, 0) is 29.1 Å². The summed E-state index contributed by atoms with van der Waals surface area (Å²) in [5.74, 6) is 0.435. The number of amides is 2. The van der Waals surface area contributed by atoms with Gasteiger partial charge in [0.15, 0.2) is 0 Å². The van der Waals surface area contributed by atoms with E-state index in [1.54, 1.807) is 25.3 Å². The molecule has 7 heteroatoms. The van der Waals surface area contributed by atoms with Crippen LogP contribution >= 0.6 is 0 Å². The van der Waals surface area contributed by atoms with E-state index in [-0.39, 0.29) is 11.8 Å². The highest BCUT2D eigenvalue weighted by atomic mass is 16.5. The van der Waals surface area contributed by atoms with Gasteiger partial charge in [0.2, 0.25) is 0 Å². The van der Waals surface area contributed by atoms with Crippen LogP contribution in [0.15, 0.2) is 54.6 Å². The molecule has 0 aliphatic carbocycles. The SMILES string of the molecule is COc1ccc(C(=O)Nc2cccc3c2C(=O)N(CCN2CCOCC2)C3)c2ccccc12. The molecular formula is C26H27N3O4. The highest BCUT2D eigenvalue weighted by Gasteiger charge is 2.30. The number of anilines is 1. The molecule has 0 atom stereocenters. The molecule has 2 aliphatic heterocycles. The third-order valence-electron chi connectivity index (χ3n) is 6.40. The van der Waals surface area contributed by atoms with E-state index in [0.717, 1.165) is 49.2 Å². The fraction of sp³-hybridized carbons (Fsp3) is 0.308. The van der Waals surface area contributed by atoms with Gasteiger partial charge < -0.3 is 19.7 Å². The number of carbonyl (C=O) groups excluding carboxylic acids is 2. The molecule has 2 heterocycles. The topological polar surface area (TPSA) is 71.1 Å². The van der Waals surface area contributed by atoms with Crippen molar-refractivity contribution >= 4 is 28.3 Å². The van der Waals surface area contributed by atoms with Gasteiger partial charge in [-0.3, -0.25) is 14.5 Å². The van der Waals surface area contributed by atoms with Crippen LogP contribution in [0.3, 0.4) is 0 Å². The van der Waals surface area contributed by atoms with E-state index in [1.165, 1.54) is 0 Å². The number of rotatable bonds is 6. The lowest BCUT2D eigenvalue weighted by Crippen LogP contribution is -2.41. The van der Waals surface area contributed by atoms with E-state index >= 15 is 0 Å². The molecule has 5 rings (SSSR count). The average Bonchev–Trinajstić information content (AvgIpc) is 3.19. The van der Waals surface area contributed by atoms with Gasteiger partial charge in [-0.15, -0.1) is 0 Å². The molecule has 0 radical (unpaired) electrons. The molecule has 0 unspecified atom stereocenters. The number of nitrogens with zero attached hydrogens (tertiary/aromatic N) is 2. The van der Waals surface area contributed by atoms with E-state index in [2.05, 4.69) is 10.2 Å². The van der Waals surface area contributed by atoms with E-state index in [0.29, 0.717) is 35.7 Å². The Hall–Kier alpha value is -3.42. The molecule has 0 saturated carbocycles. The van der Waals surface area contributed by atoms with Crippen LogP contribution in [0.4, 0.5) is 5.69 Å². The molecule has 3 aromatic rings. The summed E-state index contributed by atoms with van der Waals surface area (Å²) in [6.07, 6.45) is 0. The van der Waals surface area contributed by atoms with Crippen LogP contribution < -0.4 is 10.1 Å². The standard InChI is InChI=1S/C26H27N3O4/c1-32-23-10-9-21(19-6-2-3-7-20(19)23)25(30)27-22-8-4-5-18-17-29(26(31)24(18)22)12-11-28-13-15-33-16-14-28/h2-10H,11-17H2,1H3,(H,27,30). The van der Waals surface area contributed by atoms with Crippen molar-refractivity contribution in [1.82, 2.24) is 9.80 Å². The van der Waals surface area contributed by atoms with Crippen LogP contribution in [0, 0.1) is 0 Å². The summed E-state index contributed by atoms with van der Waals surface area (Å²) in [5, 5.41) is 4.67. The first-order valence-electron chi connectivity index (χ1n) is 11.2. The zero-order chi connectivity index (χ0) is 22.8. The summed E-state index contributed by atoms with van der Waals surface area (Å²) < 4.78 is 10.8. The second-order valence-electron chi connectivity index (χ2n) is 8.34. The Morgan fingerprint density at radius 3 is 2.58 bits per heavy atom. The smallest absolute Gasteiger partial charge is 0.256 e. The lowest BCUT2D eigenvalue weighted by atomic mass is 10.0. The molecule has 1 fully saturated rings. The molecule has 2 amide bonds. The van der Waals surface area contributed by atoms with E-state index in [4.69, 9.17) is 9.47 Å². The van der Waals surface area contributed by atoms with Crippen molar-refractivity contribution in [2.75, 3.05) is 51.8 Å². The molecule has 1 saturated heterocycles. The van der Waals surface area contributed by atoms with Crippen LogP contribution in [0.1, 0.15) is 26.3 Å². The largest absolute Gasteiger partial charge is 0.496 e. The predicted octanol–water partition coefficient (Wildman–Crippen LogP) is 3.39. The minimum Gasteiger partial charge on any atom is -0.496 e. The Balaban J connectivity index is 1.36. The quantitative estimate of drug-likeness (QED) is 0.630. The number of benzene rings is 3. The molecule has 2 aliphatic rings. The molecule has 0 aromatic heterocycles. The van der Waals surface area contributed by atoms with Gasteiger partial charge >= 0.3 is 0 Å². The number of ether oxygens (including phenoxy) is 2. The number of fused-ring (bicyclic) bond motifs is 2. The van der Waals surface area contributed by atoms with Crippen LogP contribution in [-0.2, 0) is 11.3 Å². The van der Waals surface area contributed by atoms with Crippen LogP contribution in [0.25, 0.3) is 10.8 Å². The molecule has 3 aromatic carbocycles. The third-order valence-corrected chi connectivity index (χ3v) is 6.40. The van der Waals surface area contributed by atoms with Crippen molar-refractivity contribution in [3.63, 3.8) is 0 Å². The second-order valence-corrected chi connectivity index (χ2v) is 8.34. The number of carbonyl (C=O) groups is 2. The zero-order valence-corrected chi connectivity index (χ0v) is 18.7. The highest BCUT2D eigenvalue weighted by Crippen LogP contribution is 2.32. The van der Waals surface area contributed by atoms with Gasteiger partial charge in [0.1, 0.15) is 5.75 Å². The first kappa shape index (κ1) is 21.4. The maximum absolute atomic E-state index is 13.3. The van der Waals surface area contributed by atoms with Gasteiger partial charge in [0.05, 0.1) is 31.6 Å². The van der Waals surface area contributed by atoms with Gasteiger partial charge in [0.25, 0.3) is 11.8 Å². The summed E-state index contributed by atoms with van der Waals surface area (Å²) in [6.45, 7) is 5.31. The Morgan fingerprint density at radius 2 is 1.79 bits per heavy atom. The summed E-state index contributed by atoms with van der Waals surface area (Å²) >= 11 is 0. The number of methoxy groups -OCH3 is 1. The van der Waals surface area contributed by atoms with Gasteiger partial charge in [0, 0.05) is 43.7 Å². The van der Waals surface area contributed by atoms with Crippen molar-refractivity contribution in [1.29, 1.82) is 0 Å². The maximum Gasteiger partial charge on any atom is 0.256 e. The summed E-state index contributed by atoms with van der Waals surface area (Å²) in [4.78, 5) is 30.6. The average molecular weight is 446 g/mol. The van der Waals surface area contributed by atoms with Crippen molar-refractivity contribution in [2.45, 2.75) is 6.54 Å². The van der Waals surface area contributed by atoms with Crippen molar-refractivity contribution < 1.29 is 19.1 Å². The lowest BCUT2D eigenvalue weighted by molar-refractivity contribution is 0.0328. The minimum absolute atomic E-state index is 0.0336. The third kappa shape index (κ3) is 4.17. The molecular weight excluding hydrogens is 418 g/mol. The molecule has 1 N–H and O–H groups in total. The number of morpholine rings is 1. The zero-order valence-electron chi connectivity index (χ0n) is 18.7. The monoisotopic (exact) mass is 445 g/mol. The normalized spacial score (nSPS) is 16.2. The van der Waals surface area contributed by atoms with Gasteiger partial charge in [-0.1, -0.05) is 36.4 Å². The number of nitrogens with one attached hydrogen (secondary N) is 1. The maximum atomic E-state index is 13.3. The van der Waals surface area contributed by atoms with Gasteiger partial charge in [-0.2, -0.15) is 0 Å². The number of hydrogen-bond donors (Lipinski definition) is 1. The van der Waals surface area contributed by atoms with Crippen LogP contribution in [0.5, 0.6) is 5.75 Å². The first-order valence-corrected chi connectivity index (χ1v) is 11.2. The molecule has 33 heavy (non-hydrogen) atoms. The molecule has 0 spiro atoms. The van der Waals surface area contributed by atoms with Crippen molar-refractivity contribution in [3.05, 3.63) is 71.3 Å². The Labute approximate surface area is 192 Å². The van der Waals surface area contributed by atoms with Crippen LogP contribution in [-0.4, -0.2) is 68.1 Å². The summed E-state index contributed by atoms with van der Waals surface area (Å²) in [5.41, 5.74) is 2.62. The highest BCUT2D eigenvalue weighted by molar-refractivity contribution is 6.16. The van der Waals surface area contributed by atoms with Crippen molar-refractivity contribution in [2.24, 2.45) is 0 Å². The minimum atomic E-state index is -0.248. The van der Waals surface area contributed by atoms with Gasteiger partial charge in [-0.25, -0.2) is 0 Å². The first-order chi connectivity index (χ1) is 16.2. The number of hydrogen-bond acceptors (Lipinski definition) is 5. The van der Waals surface area contributed by atoms with E-state index in [1.807, 2.05) is 41.3 Å². The Bertz CT molecular complexity index is 1200. The van der Waals surface area contributed by atoms with E-state index in [9.17, 15) is 9.59 Å². The lowest BCUT2D eigenvalue weighted by Gasteiger charge is -2.28. The fourth-order valence-corrected chi connectivity index (χ4v) is 4.63. The fourth-order valence-electron chi connectivity index (χ4n) is 4.63. The molecule has 170 valence electrons. The van der Waals surface area contributed by atoms with Crippen LogP contribution in [0.2, 0.25) is 0 Å². The molecule has 7 nitrogen and oxygen atoms in total. The summed E-state index contributed by atoms with van der Waals surface area (Å²) in [7, 11) is 1.62. The molecule has 0 bridgehead atoms. The second kappa shape index (κ2) is 9.21. The van der Waals surface area contributed by atoms with Crippen molar-refractivity contribution in [3.8, 4) is 5.75 Å². The Morgan fingerprint density at radius 1 is 1.00 bits per heavy atom. The Kier molecular flexibility index (Phi) is 5.98.